The lowest BCUT2D eigenvalue weighted by Gasteiger charge is -2.17. The van der Waals surface area contributed by atoms with Gasteiger partial charge in [-0.25, -0.2) is 0 Å². The zero-order valence-electron chi connectivity index (χ0n) is 16.5. The van der Waals surface area contributed by atoms with Gasteiger partial charge < -0.3 is 10.5 Å². The van der Waals surface area contributed by atoms with Gasteiger partial charge in [-0.1, -0.05) is 79.7 Å². The van der Waals surface area contributed by atoms with Crippen molar-refractivity contribution in [1.29, 1.82) is 0 Å². The summed E-state index contributed by atoms with van der Waals surface area (Å²) in [4.78, 5) is 12.2. The molecule has 3 nitrogen and oxygen atoms in total. The number of benzene rings is 2. The molecule has 0 radical (unpaired) electrons. The molecule has 1 aliphatic rings. The van der Waals surface area contributed by atoms with Gasteiger partial charge in [-0.05, 0) is 47.9 Å². The van der Waals surface area contributed by atoms with Gasteiger partial charge in [-0.2, -0.15) is 0 Å². The Balaban J connectivity index is 1.46. The van der Waals surface area contributed by atoms with E-state index in [1.807, 2.05) is 31.2 Å². The van der Waals surface area contributed by atoms with E-state index >= 15 is 0 Å². The Morgan fingerprint density at radius 2 is 1.75 bits per heavy atom. The molecule has 3 heteroatoms. The zero-order valence-corrected chi connectivity index (χ0v) is 16.5. The van der Waals surface area contributed by atoms with Crippen LogP contribution >= 0.6 is 0 Å². The Kier molecular flexibility index (Phi) is 7.21. The molecule has 28 heavy (non-hydrogen) atoms. The smallest absolute Gasteiger partial charge is 0.309 e. The summed E-state index contributed by atoms with van der Waals surface area (Å²) in [5, 5.41) is 0. The molecule has 0 fully saturated rings. The van der Waals surface area contributed by atoms with E-state index < -0.39 is 0 Å². The zero-order chi connectivity index (χ0) is 19.8. The minimum absolute atomic E-state index is 0.0704. The Labute approximate surface area is 167 Å². The highest BCUT2D eigenvalue weighted by Gasteiger charge is 2.18. The number of esters is 1. The van der Waals surface area contributed by atoms with Crippen LogP contribution in [-0.2, 0) is 16.0 Å². The van der Waals surface area contributed by atoms with Crippen molar-refractivity contribution in [3.63, 3.8) is 0 Å². The van der Waals surface area contributed by atoms with Crippen LogP contribution < -0.4 is 5.73 Å². The summed E-state index contributed by atoms with van der Waals surface area (Å²) in [7, 11) is 0. The Bertz CT molecular complexity index is 821. The Morgan fingerprint density at radius 3 is 2.43 bits per heavy atom. The van der Waals surface area contributed by atoms with Gasteiger partial charge in [0.25, 0.3) is 0 Å². The lowest BCUT2D eigenvalue weighted by Crippen LogP contribution is -2.29. The molecular weight excluding hydrogens is 346 g/mol. The molecule has 0 heterocycles. The van der Waals surface area contributed by atoms with Crippen molar-refractivity contribution < 1.29 is 9.53 Å². The first-order chi connectivity index (χ1) is 13.6. The highest BCUT2D eigenvalue weighted by Crippen LogP contribution is 2.20. The highest BCUT2D eigenvalue weighted by molar-refractivity contribution is 5.72. The monoisotopic (exact) mass is 375 g/mol. The molecule has 3 rings (SSSR count). The number of carbonyl (C=O) groups is 1. The maximum Gasteiger partial charge on any atom is 0.309 e. The van der Waals surface area contributed by atoms with Crippen molar-refractivity contribution in [2.24, 2.45) is 11.7 Å². The standard InChI is InChI=1S/C25H29NO2/c1-19(25(27)28-18-21-8-4-2-5-9-21)16-24(26)17-20-12-14-23(15-13-20)22-10-6-3-7-11-22/h3-4,6-15,19,24H,2,5,16-18,26H2,1H3/t19-,24+/m1/s1. The Morgan fingerprint density at radius 1 is 1.04 bits per heavy atom. The molecule has 0 bridgehead atoms. The van der Waals surface area contributed by atoms with Crippen LogP contribution in [-0.4, -0.2) is 18.6 Å². The number of hydrogen-bond donors (Lipinski definition) is 1. The van der Waals surface area contributed by atoms with Crippen LogP contribution in [0.25, 0.3) is 11.1 Å². The number of rotatable bonds is 8. The van der Waals surface area contributed by atoms with Crippen LogP contribution in [0, 0.1) is 5.92 Å². The summed E-state index contributed by atoms with van der Waals surface area (Å²) in [5.74, 6) is -0.374. The molecule has 0 saturated carbocycles. The van der Waals surface area contributed by atoms with Gasteiger partial charge in [0.15, 0.2) is 0 Å². The highest BCUT2D eigenvalue weighted by atomic mass is 16.5. The molecule has 0 spiro atoms. The van der Waals surface area contributed by atoms with Crippen molar-refractivity contribution in [2.45, 2.75) is 38.6 Å². The molecule has 2 N–H and O–H groups in total. The third kappa shape index (κ3) is 5.93. The average molecular weight is 376 g/mol. The van der Waals surface area contributed by atoms with Gasteiger partial charge in [0.2, 0.25) is 0 Å². The van der Waals surface area contributed by atoms with Gasteiger partial charge in [0.05, 0.1) is 5.92 Å². The summed E-state index contributed by atoms with van der Waals surface area (Å²) < 4.78 is 5.45. The number of carbonyl (C=O) groups excluding carboxylic acids is 1. The van der Waals surface area contributed by atoms with E-state index in [-0.39, 0.29) is 17.9 Å². The van der Waals surface area contributed by atoms with Crippen molar-refractivity contribution in [3.05, 3.63) is 84.0 Å². The van der Waals surface area contributed by atoms with Crippen LogP contribution in [0.1, 0.15) is 31.7 Å². The van der Waals surface area contributed by atoms with Gasteiger partial charge in [0, 0.05) is 6.04 Å². The minimum Gasteiger partial charge on any atom is -0.461 e. The first-order valence-corrected chi connectivity index (χ1v) is 10.0. The third-order valence-corrected chi connectivity index (χ3v) is 5.07. The summed E-state index contributed by atoms with van der Waals surface area (Å²) in [6.45, 7) is 2.25. The van der Waals surface area contributed by atoms with Crippen LogP contribution in [0.5, 0.6) is 0 Å². The first-order valence-electron chi connectivity index (χ1n) is 10.0. The average Bonchev–Trinajstić information content (AvgIpc) is 2.74. The molecular formula is C25H29NO2. The van der Waals surface area contributed by atoms with Gasteiger partial charge in [-0.3, -0.25) is 4.79 Å². The molecule has 146 valence electrons. The summed E-state index contributed by atoms with van der Waals surface area (Å²) in [6.07, 6.45) is 9.73. The van der Waals surface area contributed by atoms with E-state index in [1.165, 1.54) is 16.7 Å². The number of nitrogens with two attached hydrogens (primary N) is 1. The second-order valence-electron chi connectivity index (χ2n) is 7.53. The lowest BCUT2D eigenvalue weighted by atomic mass is 9.95. The van der Waals surface area contributed by atoms with Crippen LogP contribution in [0.2, 0.25) is 0 Å². The van der Waals surface area contributed by atoms with Gasteiger partial charge in [0.1, 0.15) is 6.61 Å². The van der Waals surface area contributed by atoms with E-state index in [0.717, 1.165) is 24.8 Å². The quantitative estimate of drug-likeness (QED) is 0.656. The number of allylic oxidation sites excluding steroid dienone is 2. The maximum atomic E-state index is 12.2. The van der Waals surface area contributed by atoms with E-state index in [9.17, 15) is 4.79 Å². The molecule has 1 aliphatic carbocycles. The molecule has 2 aromatic carbocycles. The van der Waals surface area contributed by atoms with Crippen LogP contribution in [0.4, 0.5) is 0 Å². The molecule has 0 aliphatic heterocycles. The molecule has 0 amide bonds. The molecule has 0 aromatic heterocycles. The van der Waals surface area contributed by atoms with Gasteiger partial charge >= 0.3 is 5.97 Å². The van der Waals surface area contributed by atoms with Crippen LogP contribution in [0.15, 0.2) is 78.4 Å². The van der Waals surface area contributed by atoms with E-state index in [0.29, 0.717) is 13.0 Å². The van der Waals surface area contributed by atoms with E-state index in [1.54, 1.807) is 0 Å². The summed E-state index contributed by atoms with van der Waals surface area (Å²) in [6, 6.07) is 18.7. The molecule has 2 atom stereocenters. The topological polar surface area (TPSA) is 52.3 Å². The molecule has 2 aromatic rings. The predicted octanol–water partition coefficient (Wildman–Crippen LogP) is 5.07. The SMILES string of the molecule is C[C@H](C[C@H](N)Cc1ccc(-c2ccccc2)cc1)C(=O)OCC1=CCCC=C1. The normalized spacial score (nSPS) is 15.6. The maximum absolute atomic E-state index is 12.2. The predicted molar refractivity (Wildman–Crippen MR) is 115 cm³/mol. The van der Waals surface area contributed by atoms with Crippen molar-refractivity contribution >= 4 is 5.97 Å². The largest absolute Gasteiger partial charge is 0.461 e. The Hall–Kier alpha value is -2.65. The van der Waals surface area contributed by atoms with E-state index in [4.69, 9.17) is 10.5 Å². The summed E-state index contributed by atoms with van der Waals surface area (Å²) in [5.41, 5.74) is 11.0. The van der Waals surface area contributed by atoms with Crippen LogP contribution in [0.3, 0.4) is 0 Å². The lowest BCUT2D eigenvalue weighted by molar-refractivity contribution is -0.147. The first kappa shape index (κ1) is 20.1. The van der Waals surface area contributed by atoms with Crippen molar-refractivity contribution in [3.8, 4) is 11.1 Å². The number of ether oxygens (including phenoxy) is 1. The fourth-order valence-corrected chi connectivity index (χ4v) is 3.47. The fraction of sp³-hybridized carbons (Fsp3) is 0.320. The third-order valence-electron chi connectivity index (χ3n) is 5.07. The van der Waals surface area contributed by atoms with Gasteiger partial charge in [-0.15, -0.1) is 0 Å². The van der Waals surface area contributed by atoms with E-state index in [2.05, 4.69) is 48.6 Å². The molecule has 0 saturated heterocycles. The second kappa shape index (κ2) is 10.0. The molecule has 0 unspecified atom stereocenters. The minimum atomic E-state index is -0.202. The van der Waals surface area contributed by atoms with Crippen molar-refractivity contribution in [2.75, 3.05) is 6.61 Å². The van der Waals surface area contributed by atoms with Crippen molar-refractivity contribution in [1.82, 2.24) is 0 Å². The second-order valence-corrected chi connectivity index (χ2v) is 7.53. The summed E-state index contributed by atoms with van der Waals surface area (Å²) >= 11 is 0. The number of hydrogen-bond acceptors (Lipinski definition) is 3. The fourth-order valence-electron chi connectivity index (χ4n) is 3.47.